The summed E-state index contributed by atoms with van der Waals surface area (Å²) in [6.07, 6.45) is 4.83. The van der Waals surface area contributed by atoms with Crippen LogP contribution in [0.3, 0.4) is 0 Å². The molecule has 3 heterocycles. The van der Waals surface area contributed by atoms with Gasteiger partial charge in [-0.2, -0.15) is 0 Å². The normalized spacial score (nSPS) is 15.0. The highest BCUT2D eigenvalue weighted by molar-refractivity contribution is 7.12. The Morgan fingerprint density at radius 2 is 2.22 bits per heavy atom. The van der Waals surface area contributed by atoms with E-state index < -0.39 is 0 Å². The quantitative estimate of drug-likeness (QED) is 0.749. The molecule has 3 nitrogen and oxygen atoms in total. The standard InChI is InChI=1S/C18H15FN2OS/c19-13-3-4-14-15(11-20-16(14)10-13)12-5-7-21(8-6-12)18(22)17-2-1-9-23-17/h1-5,9-11,20H,6-8H2. The number of amides is 1. The van der Waals surface area contributed by atoms with Gasteiger partial charge in [0, 0.05) is 35.8 Å². The van der Waals surface area contributed by atoms with E-state index in [1.165, 1.54) is 29.0 Å². The van der Waals surface area contributed by atoms with Gasteiger partial charge in [0.25, 0.3) is 5.91 Å². The number of nitrogens with zero attached hydrogens (tertiary/aromatic N) is 1. The maximum atomic E-state index is 13.3. The van der Waals surface area contributed by atoms with Crippen molar-refractivity contribution in [2.45, 2.75) is 6.42 Å². The Hall–Kier alpha value is -2.40. The summed E-state index contributed by atoms with van der Waals surface area (Å²) < 4.78 is 13.3. The summed E-state index contributed by atoms with van der Waals surface area (Å²) in [6.45, 7) is 1.32. The number of aromatic nitrogens is 1. The second-order valence-electron chi connectivity index (χ2n) is 5.60. The minimum atomic E-state index is -0.240. The number of halogens is 1. The first-order chi connectivity index (χ1) is 11.2. The summed E-state index contributed by atoms with van der Waals surface area (Å²) >= 11 is 1.47. The number of rotatable bonds is 2. The van der Waals surface area contributed by atoms with Crippen molar-refractivity contribution in [2.75, 3.05) is 13.1 Å². The third-order valence-electron chi connectivity index (χ3n) is 4.22. The molecule has 2 aromatic heterocycles. The lowest BCUT2D eigenvalue weighted by Crippen LogP contribution is -2.34. The van der Waals surface area contributed by atoms with E-state index in [1.807, 2.05) is 28.6 Å². The maximum Gasteiger partial charge on any atom is 0.264 e. The van der Waals surface area contributed by atoms with Gasteiger partial charge in [0.05, 0.1) is 4.88 Å². The van der Waals surface area contributed by atoms with Crippen LogP contribution in [0.4, 0.5) is 4.39 Å². The topological polar surface area (TPSA) is 36.1 Å². The second kappa shape index (κ2) is 5.66. The molecule has 1 amide bonds. The lowest BCUT2D eigenvalue weighted by atomic mass is 9.99. The van der Waals surface area contributed by atoms with Crippen molar-refractivity contribution in [1.82, 2.24) is 9.88 Å². The molecule has 0 aliphatic carbocycles. The summed E-state index contributed by atoms with van der Waals surface area (Å²) in [5.41, 5.74) is 3.11. The third kappa shape index (κ3) is 2.57. The number of benzene rings is 1. The van der Waals surface area contributed by atoms with E-state index in [0.717, 1.165) is 27.8 Å². The van der Waals surface area contributed by atoms with Gasteiger partial charge in [0.15, 0.2) is 0 Å². The number of nitrogens with one attached hydrogen (secondary N) is 1. The fourth-order valence-corrected chi connectivity index (χ4v) is 3.71. The number of thiophene rings is 1. The van der Waals surface area contributed by atoms with Crippen LogP contribution in [0, 0.1) is 5.82 Å². The van der Waals surface area contributed by atoms with Gasteiger partial charge in [-0.25, -0.2) is 4.39 Å². The molecule has 3 aromatic rings. The first-order valence-corrected chi connectivity index (χ1v) is 8.39. The van der Waals surface area contributed by atoms with E-state index in [2.05, 4.69) is 11.1 Å². The molecule has 1 aliphatic heterocycles. The molecule has 5 heteroatoms. The number of H-pyrrole nitrogens is 1. The highest BCUT2D eigenvalue weighted by Gasteiger charge is 2.21. The summed E-state index contributed by atoms with van der Waals surface area (Å²) in [6, 6.07) is 8.56. The molecule has 1 aromatic carbocycles. The molecule has 0 fully saturated rings. The van der Waals surface area contributed by atoms with E-state index in [0.29, 0.717) is 13.1 Å². The highest BCUT2D eigenvalue weighted by Crippen LogP contribution is 2.30. The zero-order chi connectivity index (χ0) is 15.8. The lowest BCUT2D eigenvalue weighted by molar-refractivity contribution is 0.0777. The minimum absolute atomic E-state index is 0.0938. The third-order valence-corrected chi connectivity index (χ3v) is 5.08. The Morgan fingerprint density at radius 3 is 2.96 bits per heavy atom. The second-order valence-corrected chi connectivity index (χ2v) is 6.55. The molecule has 0 unspecified atom stereocenters. The van der Waals surface area contributed by atoms with Crippen molar-refractivity contribution in [3.8, 4) is 0 Å². The van der Waals surface area contributed by atoms with Gasteiger partial charge in [-0.1, -0.05) is 12.1 Å². The molecule has 0 bridgehead atoms. The smallest absolute Gasteiger partial charge is 0.264 e. The van der Waals surface area contributed by atoms with Crippen molar-refractivity contribution in [2.24, 2.45) is 0 Å². The van der Waals surface area contributed by atoms with Crippen molar-refractivity contribution in [3.05, 3.63) is 64.2 Å². The number of carbonyl (C=O) groups is 1. The van der Waals surface area contributed by atoms with Crippen LogP contribution in [0.5, 0.6) is 0 Å². The molecule has 0 radical (unpaired) electrons. The minimum Gasteiger partial charge on any atom is -0.360 e. The SMILES string of the molecule is O=C(c1cccs1)N1CC=C(c2c[nH]c3cc(F)ccc23)CC1. The van der Waals surface area contributed by atoms with Crippen LogP contribution in [0.2, 0.25) is 0 Å². The number of hydrogen-bond donors (Lipinski definition) is 1. The van der Waals surface area contributed by atoms with Gasteiger partial charge in [0.2, 0.25) is 0 Å². The molecule has 23 heavy (non-hydrogen) atoms. The maximum absolute atomic E-state index is 13.3. The van der Waals surface area contributed by atoms with E-state index in [4.69, 9.17) is 0 Å². The van der Waals surface area contributed by atoms with Crippen LogP contribution < -0.4 is 0 Å². The average Bonchev–Trinajstić information content (AvgIpc) is 3.23. The summed E-state index contributed by atoms with van der Waals surface area (Å²) in [4.78, 5) is 18.1. The molecule has 0 saturated carbocycles. The van der Waals surface area contributed by atoms with Gasteiger partial charge >= 0.3 is 0 Å². The van der Waals surface area contributed by atoms with Crippen molar-refractivity contribution >= 4 is 33.7 Å². The van der Waals surface area contributed by atoms with E-state index in [1.54, 1.807) is 6.07 Å². The van der Waals surface area contributed by atoms with Crippen LogP contribution >= 0.6 is 11.3 Å². The van der Waals surface area contributed by atoms with E-state index in [9.17, 15) is 9.18 Å². The Kier molecular flexibility index (Phi) is 3.50. The fraction of sp³-hybridized carbons (Fsp3) is 0.167. The molecule has 1 aliphatic rings. The Bertz CT molecular complexity index is 895. The molecular weight excluding hydrogens is 311 g/mol. The molecular formula is C18H15FN2OS. The highest BCUT2D eigenvalue weighted by atomic mass is 32.1. The number of carbonyl (C=O) groups excluding carboxylic acids is 1. The number of fused-ring (bicyclic) bond motifs is 1. The number of hydrogen-bond acceptors (Lipinski definition) is 2. The Morgan fingerprint density at radius 1 is 1.30 bits per heavy atom. The van der Waals surface area contributed by atoms with Crippen LogP contribution in [-0.4, -0.2) is 28.9 Å². The van der Waals surface area contributed by atoms with Gasteiger partial charge in [0.1, 0.15) is 5.82 Å². The van der Waals surface area contributed by atoms with Crippen LogP contribution in [0.25, 0.3) is 16.5 Å². The van der Waals surface area contributed by atoms with Gasteiger partial charge in [-0.15, -0.1) is 11.3 Å². The summed E-state index contributed by atoms with van der Waals surface area (Å²) in [7, 11) is 0. The number of aromatic amines is 1. The molecule has 0 spiro atoms. The van der Waals surface area contributed by atoms with E-state index >= 15 is 0 Å². The summed E-state index contributed by atoms with van der Waals surface area (Å²) in [5.74, 6) is -0.146. The Labute approximate surface area is 137 Å². The first kappa shape index (κ1) is 14.2. The summed E-state index contributed by atoms with van der Waals surface area (Å²) in [5, 5.41) is 2.94. The predicted molar refractivity (Wildman–Crippen MR) is 91.1 cm³/mol. The molecule has 0 atom stereocenters. The van der Waals surface area contributed by atoms with Gasteiger partial charge in [-0.05, 0) is 41.6 Å². The molecule has 0 saturated heterocycles. The van der Waals surface area contributed by atoms with Crippen molar-refractivity contribution < 1.29 is 9.18 Å². The largest absolute Gasteiger partial charge is 0.360 e. The first-order valence-electron chi connectivity index (χ1n) is 7.51. The molecule has 4 rings (SSSR count). The van der Waals surface area contributed by atoms with Gasteiger partial charge in [-0.3, -0.25) is 4.79 Å². The average molecular weight is 326 g/mol. The van der Waals surface area contributed by atoms with Crippen molar-refractivity contribution in [3.63, 3.8) is 0 Å². The zero-order valence-corrected chi connectivity index (χ0v) is 13.2. The predicted octanol–water partition coefficient (Wildman–Crippen LogP) is 4.30. The van der Waals surface area contributed by atoms with Gasteiger partial charge < -0.3 is 9.88 Å². The van der Waals surface area contributed by atoms with Crippen LogP contribution in [0.1, 0.15) is 21.7 Å². The molecule has 1 N–H and O–H groups in total. The monoisotopic (exact) mass is 326 g/mol. The molecule has 116 valence electrons. The van der Waals surface area contributed by atoms with Crippen LogP contribution in [-0.2, 0) is 0 Å². The van der Waals surface area contributed by atoms with Crippen LogP contribution in [0.15, 0.2) is 48.0 Å². The van der Waals surface area contributed by atoms with Crippen molar-refractivity contribution in [1.29, 1.82) is 0 Å². The van der Waals surface area contributed by atoms with E-state index in [-0.39, 0.29) is 11.7 Å². The zero-order valence-electron chi connectivity index (χ0n) is 12.4. The Balaban J connectivity index is 1.58. The fourth-order valence-electron chi connectivity index (χ4n) is 3.02. The lowest BCUT2D eigenvalue weighted by Gasteiger charge is -2.26.